The Morgan fingerprint density at radius 1 is 1.29 bits per heavy atom. The highest BCUT2D eigenvalue weighted by atomic mass is 35.5. The van der Waals surface area contributed by atoms with Gasteiger partial charge in [0.2, 0.25) is 0 Å². The molecule has 2 N–H and O–H groups in total. The third kappa shape index (κ3) is 6.49. The van der Waals surface area contributed by atoms with Gasteiger partial charge in [-0.15, -0.1) is 0 Å². The van der Waals surface area contributed by atoms with Gasteiger partial charge in [-0.3, -0.25) is 9.59 Å². The van der Waals surface area contributed by atoms with Gasteiger partial charge in [0.15, 0.2) is 6.10 Å². The van der Waals surface area contributed by atoms with Crippen molar-refractivity contribution in [2.45, 2.75) is 32.8 Å². The summed E-state index contributed by atoms with van der Waals surface area (Å²) in [6, 6.07) is 6.77. The van der Waals surface area contributed by atoms with Gasteiger partial charge in [-0.1, -0.05) is 18.5 Å². The van der Waals surface area contributed by atoms with Crippen molar-refractivity contribution in [2.24, 2.45) is 5.92 Å². The lowest BCUT2D eigenvalue weighted by Crippen LogP contribution is -2.37. The van der Waals surface area contributed by atoms with Gasteiger partial charge in [0.05, 0.1) is 5.92 Å². The molecule has 6 heteroatoms. The highest BCUT2D eigenvalue weighted by Gasteiger charge is 2.15. The zero-order valence-electron chi connectivity index (χ0n) is 12.1. The largest absolute Gasteiger partial charge is 0.481 e. The van der Waals surface area contributed by atoms with Crippen LogP contribution in [0.2, 0.25) is 5.02 Å². The summed E-state index contributed by atoms with van der Waals surface area (Å²) in [5, 5.41) is 12.1. The monoisotopic (exact) mass is 313 g/mol. The summed E-state index contributed by atoms with van der Waals surface area (Å²) in [5.74, 6) is -0.875. The Labute approximate surface area is 129 Å². The zero-order valence-corrected chi connectivity index (χ0v) is 12.9. The van der Waals surface area contributed by atoms with E-state index in [2.05, 4.69) is 5.32 Å². The quantitative estimate of drug-likeness (QED) is 0.724. The number of aliphatic carboxylic acids is 1. The Hall–Kier alpha value is -1.75. The number of benzene rings is 1. The number of rotatable bonds is 8. The highest BCUT2D eigenvalue weighted by molar-refractivity contribution is 6.30. The SMILES string of the molecule is CC(CCCNC(=O)C(C)Oc1ccc(Cl)cc1)C(=O)O. The summed E-state index contributed by atoms with van der Waals surface area (Å²) >= 11 is 5.77. The van der Waals surface area contributed by atoms with Crippen molar-refractivity contribution in [3.8, 4) is 5.75 Å². The summed E-state index contributed by atoms with van der Waals surface area (Å²) < 4.78 is 5.48. The molecule has 1 amide bonds. The van der Waals surface area contributed by atoms with E-state index in [9.17, 15) is 9.59 Å². The molecule has 0 saturated carbocycles. The topological polar surface area (TPSA) is 75.6 Å². The lowest BCUT2D eigenvalue weighted by molar-refractivity contribution is -0.141. The summed E-state index contributed by atoms with van der Waals surface area (Å²) in [5.41, 5.74) is 0. The summed E-state index contributed by atoms with van der Waals surface area (Å²) in [6.07, 6.45) is 0.526. The number of hydrogen-bond acceptors (Lipinski definition) is 3. The Morgan fingerprint density at radius 3 is 2.48 bits per heavy atom. The molecule has 5 nitrogen and oxygen atoms in total. The number of carboxylic acids is 1. The molecule has 0 aliphatic carbocycles. The van der Waals surface area contributed by atoms with Crippen molar-refractivity contribution in [3.63, 3.8) is 0 Å². The number of nitrogens with one attached hydrogen (secondary N) is 1. The molecule has 0 aliphatic heterocycles. The van der Waals surface area contributed by atoms with Crippen LogP contribution < -0.4 is 10.1 Å². The first kappa shape index (κ1) is 17.3. The second-order valence-corrected chi connectivity index (χ2v) is 5.32. The fourth-order valence-corrected chi connectivity index (χ4v) is 1.78. The van der Waals surface area contributed by atoms with E-state index < -0.39 is 18.0 Å². The first-order valence-corrected chi connectivity index (χ1v) is 7.20. The number of amides is 1. The van der Waals surface area contributed by atoms with Crippen LogP contribution >= 0.6 is 11.6 Å². The maximum Gasteiger partial charge on any atom is 0.306 e. The van der Waals surface area contributed by atoms with Crippen LogP contribution in [0.25, 0.3) is 0 Å². The van der Waals surface area contributed by atoms with Gasteiger partial charge in [0.25, 0.3) is 5.91 Å². The van der Waals surface area contributed by atoms with Crippen LogP contribution in [0, 0.1) is 5.92 Å². The zero-order chi connectivity index (χ0) is 15.8. The van der Waals surface area contributed by atoms with Gasteiger partial charge in [0.1, 0.15) is 5.75 Å². The Morgan fingerprint density at radius 2 is 1.90 bits per heavy atom. The van der Waals surface area contributed by atoms with Crippen molar-refractivity contribution in [1.29, 1.82) is 0 Å². The molecule has 2 atom stereocenters. The van der Waals surface area contributed by atoms with Crippen LogP contribution in [-0.4, -0.2) is 29.6 Å². The highest BCUT2D eigenvalue weighted by Crippen LogP contribution is 2.16. The normalized spacial score (nSPS) is 13.3. The molecule has 2 unspecified atom stereocenters. The first-order chi connectivity index (χ1) is 9.90. The number of hydrogen-bond donors (Lipinski definition) is 2. The van der Waals surface area contributed by atoms with Crippen LogP contribution in [0.1, 0.15) is 26.7 Å². The number of carbonyl (C=O) groups is 2. The molecule has 0 radical (unpaired) electrons. The molecule has 0 aromatic heterocycles. The van der Waals surface area contributed by atoms with E-state index in [1.165, 1.54) is 0 Å². The molecule has 0 spiro atoms. The van der Waals surface area contributed by atoms with Crippen molar-refractivity contribution in [2.75, 3.05) is 6.54 Å². The lowest BCUT2D eigenvalue weighted by Gasteiger charge is -2.15. The molecule has 0 saturated heterocycles. The Kier molecular flexibility index (Phi) is 7.02. The third-order valence-electron chi connectivity index (χ3n) is 3.03. The van der Waals surface area contributed by atoms with Gasteiger partial charge in [-0.05, 0) is 44.0 Å². The fourth-order valence-electron chi connectivity index (χ4n) is 1.66. The van der Waals surface area contributed by atoms with Gasteiger partial charge in [-0.2, -0.15) is 0 Å². The molecular weight excluding hydrogens is 294 g/mol. The first-order valence-electron chi connectivity index (χ1n) is 6.83. The van der Waals surface area contributed by atoms with E-state index in [1.807, 2.05) is 0 Å². The molecule has 1 aromatic carbocycles. The number of carbonyl (C=O) groups excluding carboxylic acids is 1. The van der Waals surface area contributed by atoms with E-state index >= 15 is 0 Å². The van der Waals surface area contributed by atoms with Crippen LogP contribution in [0.3, 0.4) is 0 Å². The van der Waals surface area contributed by atoms with E-state index in [1.54, 1.807) is 38.1 Å². The van der Waals surface area contributed by atoms with Crippen LogP contribution in [-0.2, 0) is 9.59 Å². The maximum absolute atomic E-state index is 11.8. The Bertz CT molecular complexity index is 475. The standard InChI is InChI=1S/C15H20ClNO4/c1-10(15(19)20)4-3-9-17-14(18)11(2)21-13-7-5-12(16)6-8-13/h5-8,10-11H,3-4,9H2,1-2H3,(H,17,18)(H,19,20). The van der Waals surface area contributed by atoms with E-state index in [0.29, 0.717) is 30.2 Å². The Balaban J connectivity index is 2.28. The summed E-state index contributed by atoms with van der Waals surface area (Å²) in [6.45, 7) is 3.74. The second kappa shape index (κ2) is 8.52. The van der Waals surface area contributed by atoms with Crippen molar-refractivity contribution in [1.82, 2.24) is 5.32 Å². The average molecular weight is 314 g/mol. The molecule has 1 aromatic rings. The van der Waals surface area contributed by atoms with Crippen LogP contribution in [0.15, 0.2) is 24.3 Å². The molecule has 116 valence electrons. The number of carboxylic acid groups (broad SMARTS) is 1. The van der Waals surface area contributed by atoms with Crippen LogP contribution in [0.5, 0.6) is 5.75 Å². The summed E-state index contributed by atoms with van der Waals surface area (Å²) in [7, 11) is 0. The smallest absolute Gasteiger partial charge is 0.306 e. The van der Waals surface area contributed by atoms with E-state index in [4.69, 9.17) is 21.4 Å². The molecule has 0 aliphatic rings. The third-order valence-corrected chi connectivity index (χ3v) is 3.28. The van der Waals surface area contributed by atoms with Gasteiger partial charge < -0.3 is 15.2 Å². The van der Waals surface area contributed by atoms with Gasteiger partial charge in [0, 0.05) is 11.6 Å². The second-order valence-electron chi connectivity index (χ2n) is 4.89. The maximum atomic E-state index is 11.8. The molecular formula is C15H20ClNO4. The predicted molar refractivity (Wildman–Crippen MR) is 80.6 cm³/mol. The molecule has 1 rings (SSSR count). The predicted octanol–water partition coefficient (Wildman–Crippen LogP) is 2.72. The minimum absolute atomic E-state index is 0.229. The van der Waals surface area contributed by atoms with Gasteiger partial charge >= 0.3 is 5.97 Å². The minimum Gasteiger partial charge on any atom is -0.481 e. The van der Waals surface area contributed by atoms with Crippen molar-refractivity contribution < 1.29 is 19.4 Å². The fraction of sp³-hybridized carbons (Fsp3) is 0.467. The average Bonchev–Trinajstić information content (AvgIpc) is 2.45. The van der Waals surface area contributed by atoms with Gasteiger partial charge in [-0.25, -0.2) is 0 Å². The lowest BCUT2D eigenvalue weighted by atomic mass is 10.1. The summed E-state index contributed by atoms with van der Waals surface area (Å²) in [4.78, 5) is 22.5. The molecule has 21 heavy (non-hydrogen) atoms. The van der Waals surface area contributed by atoms with E-state index in [-0.39, 0.29) is 5.91 Å². The van der Waals surface area contributed by atoms with Crippen molar-refractivity contribution >= 4 is 23.5 Å². The molecule has 0 heterocycles. The van der Waals surface area contributed by atoms with Crippen LogP contribution in [0.4, 0.5) is 0 Å². The van der Waals surface area contributed by atoms with E-state index in [0.717, 1.165) is 0 Å². The number of ether oxygens (including phenoxy) is 1. The van der Waals surface area contributed by atoms with Crippen molar-refractivity contribution in [3.05, 3.63) is 29.3 Å². The molecule has 0 fully saturated rings. The minimum atomic E-state index is -0.819. The molecule has 0 bridgehead atoms. The number of halogens is 1.